The zero-order valence-corrected chi connectivity index (χ0v) is 23.7. The van der Waals surface area contributed by atoms with Crippen molar-refractivity contribution in [1.82, 2.24) is 4.90 Å². The number of carbonyl (C=O) groups excluding carboxylic acids is 2. The van der Waals surface area contributed by atoms with Gasteiger partial charge in [0.15, 0.2) is 5.78 Å². The fourth-order valence-electron chi connectivity index (χ4n) is 4.62. The van der Waals surface area contributed by atoms with Crippen molar-refractivity contribution in [2.45, 2.75) is 82.6 Å². The van der Waals surface area contributed by atoms with Gasteiger partial charge in [0.1, 0.15) is 11.4 Å². The summed E-state index contributed by atoms with van der Waals surface area (Å²) < 4.78 is 72.1. The number of hydrogen-bond acceptors (Lipinski definition) is 6. The molecular weight excluding hydrogens is 549 g/mol. The number of alkyl halides is 3. The Morgan fingerprint density at radius 3 is 2.38 bits per heavy atom. The number of primary sulfonamides is 1. The van der Waals surface area contributed by atoms with Gasteiger partial charge >= 0.3 is 12.5 Å². The van der Waals surface area contributed by atoms with Crippen LogP contribution in [0.3, 0.4) is 0 Å². The predicted molar refractivity (Wildman–Crippen MR) is 143 cm³/mol. The van der Waals surface area contributed by atoms with Gasteiger partial charge in [0.05, 0.1) is 4.90 Å². The number of unbranched alkanes of at least 4 members (excludes halogenated alkanes) is 1. The van der Waals surface area contributed by atoms with Crippen LogP contribution in [-0.2, 0) is 34.0 Å². The number of ether oxygens (including phenoxy) is 2. The van der Waals surface area contributed by atoms with E-state index in [1.54, 1.807) is 32.9 Å². The third-order valence-corrected chi connectivity index (χ3v) is 7.36. The van der Waals surface area contributed by atoms with Gasteiger partial charge in [-0.2, -0.15) is 0 Å². The molecule has 2 N–H and O–H groups in total. The van der Waals surface area contributed by atoms with Gasteiger partial charge in [-0.1, -0.05) is 18.2 Å². The Bertz CT molecular complexity index is 1340. The van der Waals surface area contributed by atoms with Crippen LogP contribution in [0.5, 0.6) is 5.75 Å². The van der Waals surface area contributed by atoms with Crippen LogP contribution in [0.1, 0.15) is 73.5 Å². The second-order valence-electron chi connectivity index (χ2n) is 10.8. The van der Waals surface area contributed by atoms with E-state index in [0.717, 1.165) is 12.0 Å². The molecule has 1 aliphatic rings. The minimum atomic E-state index is -4.85. The summed E-state index contributed by atoms with van der Waals surface area (Å²) in [7, 11) is -3.97. The molecule has 3 rings (SSSR count). The molecule has 0 unspecified atom stereocenters. The van der Waals surface area contributed by atoms with Crippen molar-refractivity contribution in [2.75, 3.05) is 13.1 Å². The Morgan fingerprint density at radius 2 is 1.73 bits per heavy atom. The monoisotopic (exact) mass is 584 g/mol. The number of Topliss-reactive ketones (excluding diaryl/α,β-unsaturated/α-hetero) is 1. The Hall–Kier alpha value is -3.12. The summed E-state index contributed by atoms with van der Waals surface area (Å²) >= 11 is 0. The highest BCUT2D eigenvalue weighted by molar-refractivity contribution is 7.89. The summed E-state index contributed by atoms with van der Waals surface area (Å²) in [5.74, 6) is -0.570. The van der Waals surface area contributed by atoms with E-state index in [1.165, 1.54) is 29.2 Å². The molecule has 0 saturated heterocycles. The fourth-order valence-corrected chi connectivity index (χ4v) is 5.49. The molecular formula is C28H35F3N2O6S. The van der Waals surface area contributed by atoms with Gasteiger partial charge in [0.25, 0.3) is 0 Å². The van der Waals surface area contributed by atoms with Crippen molar-refractivity contribution >= 4 is 21.9 Å². The number of amides is 1. The van der Waals surface area contributed by atoms with Crippen LogP contribution in [0, 0.1) is 0 Å². The highest BCUT2D eigenvalue weighted by atomic mass is 32.2. The lowest BCUT2D eigenvalue weighted by Gasteiger charge is -2.27. The molecule has 0 saturated carbocycles. The SMILES string of the molecule is CC(C)(C)OC(=O)N(CCCCC(=O)c1cc2c(c(S(N)(=O)=O)c1)CCC2)CCc1ccccc1OC(F)(F)F. The van der Waals surface area contributed by atoms with Crippen LogP contribution in [0.25, 0.3) is 0 Å². The quantitative estimate of drug-likeness (QED) is 0.273. The van der Waals surface area contributed by atoms with E-state index in [2.05, 4.69) is 4.74 Å². The van der Waals surface area contributed by atoms with Gasteiger partial charge in [0, 0.05) is 25.1 Å². The second-order valence-corrected chi connectivity index (χ2v) is 12.3. The van der Waals surface area contributed by atoms with Crippen LogP contribution >= 0.6 is 0 Å². The lowest BCUT2D eigenvalue weighted by molar-refractivity contribution is -0.274. The number of nitrogens with zero attached hydrogens (tertiary/aromatic N) is 1. The second kappa shape index (κ2) is 12.6. The van der Waals surface area contributed by atoms with Crippen LogP contribution in [-0.4, -0.2) is 50.2 Å². The largest absolute Gasteiger partial charge is 0.573 e. The highest BCUT2D eigenvalue weighted by Crippen LogP contribution is 2.30. The Balaban J connectivity index is 1.65. The van der Waals surface area contributed by atoms with E-state index < -0.39 is 28.1 Å². The number of halogens is 3. The van der Waals surface area contributed by atoms with Gasteiger partial charge in [-0.05, 0) is 94.2 Å². The molecule has 0 atom stereocenters. The average Bonchev–Trinajstić information content (AvgIpc) is 3.29. The van der Waals surface area contributed by atoms with Crippen LogP contribution in [0.15, 0.2) is 41.3 Å². The number of rotatable bonds is 11. The summed E-state index contributed by atoms with van der Waals surface area (Å²) in [6.07, 6.45) is -2.37. The molecule has 40 heavy (non-hydrogen) atoms. The first-order valence-corrected chi connectivity index (χ1v) is 14.6. The number of hydrogen-bond donors (Lipinski definition) is 1. The van der Waals surface area contributed by atoms with Crippen molar-refractivity contribution in [3.8, 4) is 5.75 Å². The third-order valence-electron chi connectivity index (χ3n) is 6.39. The summed E-state index contributed by atoms with van der Waals surface area (Å²) in [5.41, 5.74) is 1.29. The van der Waals surface area contributed by atoms with E-state index >= 15 is 0 Å². The standard InChI is InChI=1S/C28H35F3N2O6S/c1-27(2,3)39-26(35)33(16-14-19-9-4-5-13-24(19)38-28(29,30)31)15-7-6-12-23(34)21-17-20-10-8-11-22(20)25(18-21)40(32,36)37/h4-5,9,13,17-18H,6-8,10-12,14-16H2,1-3H3,(H2,32,36,37). The molecule has 1 aliphatic carbocycles. The molecule has 0 radical (unpaired) electrons. The molecule has 2 aromatic carbocycles. The van der Waals surface area contributed by atoms with Crippen LogP contribution in [0.4, 0.5) is 18.0 Å². The molecule has 220 valence electrons. The average molecular weight is 585 g/mol. The normalized spacial score (nSPS) is 13.6. The van der Waals surface area contributed by atoms with Crippen LogP contribution < -0.4 is 9.88 Å². The molecule has 8 nitrogen and oxygen atoms in total. The molecule has 12 heteroatoms. The van der Waals surface area contributed by atoms with E-state index in [0.29, 0.717) is 31.2 Å². The van der Waals surface area contributed by atoms with Crippen molar-refractivity contribution < 1.29 is 40.7 Å². The maximum atomic E-state index is 12.9. The topological polar surface area (TPSA) is 116 Å². The summed E-state index contributed by atoms with van der Waals surface area (Å²) in [6.45, 7) is 5.41. The minimum Gasteiger partial charge on any atom is -0.444 e. The van der Waals surface area contributed by atoms with Gasteiger partial charge in [-0.15, -0.1) is 13.2 Å². The van der Waals surface area contributed by atoms with Gasteiger partial charge < -0.3 is 14.4 Å². The van der Waals surface area contributed by atoms with E-state index in [1.807, 2.05) is 0 Å². The summed E-state index contributed by atoms with van der Waals surface area (Å²) in [5, 5.41) is 5.38. The number of nitrogens with two attached hydrogens (primary N) is 1. The summed E-state index contributed by atoms with van der Waals surface area (Å²) in [6, 6.07) is 8.80. The van der Waals surface area contributed by atoms with Crippen LogP contribution in [0.2, 0.25) is 0 Å². The third kappa shape index (κ3) is 9.22. The maximum Gasteiger partial charge on any atom is 0.573 e. The first kappa shape index (κ1) is 31.4. The Morgan fingerprint density at radius 1 is 1.02 bits per heavy atom. The number of aryl methyl sites for hydroxylation is 1. The van der Waals surface area contributed by atoms with Gasteiger partial charge in [-0.3, -0.25) is 4.79 Å². The number of ketones is 1. The number of fused-ring (bicyclic) bond motifs is 1. The number of sulfonamides is 1. The molecule has 2 aromatic rings. The Labute approximate surface area is 232 Å². The molecule has 0 spiro atoms. The van der Waals surface area contributed by atoms with Gasteiger partial charge in [-0.25, -0.2) is 18.4 Å². The minimum absolute atomic E-state index is 0.00302. The smallest absolute Gasteiger partial charge is 0.444 e. The molecule has 0 aliphatic heterocycles. The van der Waals surface area contributed by atoms with Gasteiger partial charge in [0.2, 0.25) is 10.0 Å². The number of benzene rings is 2. The molecule has 0 bridgehead atoms. The van der Waals surface area contributed by atoms with Crippen molar-refractivity contribution in [3.05, 3.63) is 58.7 Å². The van der Waals surface area contributed by atoms with E-state index in [-0.39, 0.29) is 53.5 Å². The maximum absolute atomic E-state index is 12.9. The molecule has 0 heterocycles. The molecule has 0 fully saturated rings. The first-order chi connectivity index (χ1) is 18.5. The lowest BCUT2D eigenvalue weighted by Crippen LogP contribution is -2.38. The molecule has 0 aromatic heterocycles. The zero-order valence-electron chi connectivity index (χ0n) is 22.8. The van der Waals surface area contributed by atoms with Crippen molar-refractivity contribution in [3.63, 3.8) is 0 Å². The highest BCUT2D eigenvalue weighted by Gasteiger charge is 2.32. The fraction of sp³-hybridized carbons (Fsp3) is 0.500. The van der Waals surface area contributed by atoms with Crippen molar-refractivity contribution in [1.29, 1.82) is 0 Å². The Kier molecular flexibility index (Phi) is 9.89. The zero-order chi connectivity index (χ0) is 29.7. The number of carbonyl (C=O) groups is 2. The summed E-state index contributed by atoms with van der Waals surface area (Å²) in [4.78, 5) is 27.1. The van der Waals surface area contributed by atoms with E-state index in [9.17, 15) is 31.2 Å². The predicted octanol–water partition coefficient (Wildman–Crippen LogP) is 5.55. The van der Waals surface area contributed by atoms with E-state index in [4.69, 9.17) is 9.88 Å². The first-order valence-electron chi connectivity index (χ1n) is 13.1. The lowest BCUT2D eigenvalue weighted by atomic mass is 10.0. The van der Waals surface area contributed by atoms with Crippen molar-refractivity contribution in [2.24, 2.45) is 5.14 Å². The number of para-hydroxylation sites is 1. The molecule has 1 amide bonds.